The molecule has 0 saturated carbocycles. The maximum Gasteiger partial charge on any atom is 0.417 e. The third-order valence-electron chi connectivity index (χ3n) is 2.05. The SMILES string of the molecule is O=C(N[C@@H](O)C(Cl)(Cl)Cl)c1ccccc1C(F)(F)F. The largest absolute Gasteiger partial charge is 0.417 e. The number of alkyl halides is 6. The van der Waals surface area contributed by atoms with Crippen molar-refractivity contribution in [3.63, 3.8) is 0 Å². The number of carbonyl (C=O) groups is 1. The Morgan fingerprint density at radius 3 is 2.21 bits per heavy atom. The van der Waals surface area contributed by atoms with Crippen molar-refractivity contribution in [1.82, 2.24) is 5.32 Å². The molecule has 1 aromatic rings. The molecule has 19 heavy (non-hydrogen) atoms. The summed E-state index contributed by atoms with van der Waals surface area (Å²) in [5.41, 5.74) is -1.83. The van der Waals surface area contributed by atoms with Gasteiger partial charge < -0.3 is 10.4 Å². The van der Waals surface area contributed by atoms with Crippen LogP contribution in [0.2, 0.25) is 0 Å². The molecule has 106 valence electrons. The van der Waals surface area contributed by atoms with E-state index in [-0.39, 0.29) is 0 Å². The minimum atomic E-state index is -4.71. The topological polar surface area (TPSA) is 49.3 Å². The van der Waals surface area contributed by atoms with Crippen molar-refractivity contribution in [3.8, 4) is 0 Å². The average Bonchev–Trinajstić information content (AvgIpc) is 2.26. The Morgan fingerprint density at radius 1 is 1.21 bits per heavy atom. The Bertz CT molecular complexity index is 474. The summed E-state index contributed by atoms with van der Waals surface area (Å²) in [6.45, 7) is 0. The highest BCUT2D eigenvalue weighted by atomic mass is 35.6. The van der Waals surface area contributed by atoms with Gasteiger partial charge in [0.25, 0.3) is 5.91 Å². The van der Waals surface area contributed by atoms with Gasteiger partial charge in [-0.1, -0.05) is 46.9 Å². The summed E-state index contributed by atoms with van der Waals surface area (Å²) in [5, 5.41) is 11.1. The standard InChI is InChI=1S/C10H7Cl3F3NO2/c11-9(12,13)8(19)17-7(18)5-3-1-2-4-6(5)10(14,15)16/h1-4,8,19H,(H,17,18)/t8-/m0/s1. The smallest absolute Gasteiger partial charge is 0.369 e. The predicted molar refractivity (Wildman–Crippen MR) is 65.2 cm³/mol. The molecule has 1 atom stereocenters. The molecule has 1 aromatic carbocycles. The van der Waals surface area contributed by atoms with Crippen molar-refractivity contribution in [2.24, 2.45) is 0 Å². The Morgan fingerprint density at radius 2 is 1.74 bits per heavy atom. The lowest BCUT2D eigenvalue weighted by atomic mass is 10.1. The van der Waals surface area contributed by atoms with Crippen LogP contribution < -0.4 is 5.32 Å². The lowest BCUT2D eigenvalue weighted by Crippen LogP contribution is -2.44. The summed E-state index contributed by atoms with van der Waals surface area (Å²) in [5.74, 6) is -1.20. The first kappa shape index (κ1) is 16.4. The molecular formula is C10H7Cl3F3NO2. The van der Waals surface area contributed by atoms with Crippen LogP contribution in [-0.2, 0) is 6.18 Å². The fourth-order valence-electron chi connectivity index (χ4n) is 1.21. The first-order chi connectivity index (χ1) is 8.53. The number of rotatable bonds is 2. The molecule has 0 unspecified atom stereocenters. The van der Waals surface area contributed by atoms with Crippen LogP contribution in [0.4, 0.5) is 13.2 Å². The van der Waals surface area contributed by atoms with E-state index in [0.717, 1.165) is 18.2 Å². The van der Waals surface area contributed by atoms with Crippen molar-refractivity contribution in [1.29, 1.82) is 0 Å². The Balaban J connectivity index is 3.02. The Kier molecular flexibility index (Phi) is 4.95. The van der Waals surface area contributed by atoms with Crippen LogP contribution in [-0.4, -0.2) is 21.0 Å². The predicted octanol–water partition coefficient (Wildman–Crippen LogP) is 3.12. The number of nitrogens with one attached hydrogen (secondary N) is 1. The fourth-order valence-corrected chi connectivity index (χ4v) is 1.38. The minimum Gasteiger partial charge on any atom is -0.369 e. The number of benzene rings is 1. The van der Waals surface area contributed by atoms with Gasteiger partial charge in [0.1, 0.15) is 0 Å². The molecule has 0 aromatic heterocycles. The van der Waals surface area contributed by atoms with Crippen molar-refractivity contribution in [2.45, 2.75) is 16.2 Å². The molecule has 0 aliphatic rings. The summed E-state index contributed by atoms with van der Waals surface area (Å²) in [4.78, 5) is 11.6. The first-order valence-electron chi connectivity index (χ1n) is 4.75. The van der Waals surface area contributed by atoms with Crippen LogP contribution in [0.15, 0.2) is 24.3 Å². The van der Waals surface area contributed by atoms with E-state index in [1.807, 2.05) is 0 Å². The lowest BCUT2D eigenvalue weighted by molar-refractivity contribution is -0.138. The monoisotopic (exact) mass is 335 g/mol. The van der Waals surface area contributed by atoms with Gasteiger partial charge in [0.05, 0.1) is 11.1 Å². The van der Waals surface area contributed by atoms with Crippen molar-refractivity contribution < 1.29 is 23.1 Å². The molecule has 3 nitrogen and oxygen atoms in total. The highest BCUT2D eigenvalue weighted by molar-refractivity contribution is 6.68. The second kappa shape index (κ2) is 5.75. The molecule has 0 spiro atoms. The Labute approximate surface area is 121 Å². The zero-order valence-electron chi connectivity index (χ0n) is 9.01. The van der Waals surface area contributed by atoms with Crippen LogP contribution >= 0.6 is 34.8 Å². The van der Waals surface area contributed by atoms with Gasteiger partial charge in [-0.15, -0.1) is 0 Å². The van der Waals surface area contributed by atoms with E-state index in [2.05, 4.69) is 0 Å². The number of hydrogen-bond donors (Lipinski definition) is 2. The van der Waals surface area contributed by atoms with Gasteiger partial charge in [0.2, 0.25) is 3.79 Å². The van der Waals surface area contributed by atoms with Gasteiger partial charge in [-0.2, -0.15) is 13.2 Å². The highest BCUT2D eigenvalue weighted by Crippen LogP contribution is 2.32. The van der Waals surface area contributed by atoms with Crippen LogP contribution in [0, 0.1) is 0 Å². The van der Waals surface area contributed by atoms with E-state index >= 15 is 0 Å². The fraction of sp³-hybridized carbons (Fsp3) is 0.300. The van der Waals surface area contributed by atoms with Gasteiger partial charge in [-0.3, -0.25) is 4.79 Å². The molecular weight excluding hydrogens is 329 g/mol. The van der Waals surface area contributed by atoms with E-state index < -0.39 is 33.2 Å². The molecule has 0 radical (unpaired) electrons. The average molecular weight is 337 g/mol. The Hall–Kier alpha value is -0.690. The quantitative estimate of drug-likeness (QED) is 0.644. The number of amides is 1. The molecule has 0 aliphatic carbocycles. The van der Waals surface area contributed by atoms with Gasteiger partial charge >= 0.3 is 6.18 Å². The van der Waals surface area contributed by atoms with Crippen LogP contribution in [0.1, 0.15) is 15.9 Å². The van der Waals surface area contributed by atoms with E-state index in [9.17, 15) is 23.1 Å². The first-order valence-corrected chi connectivity index (χ1v) is 5.88. The highest BCUT2D eigenvalue weighted by Gasteiger charge is 2.37. The minimum absolute atomic E-state index is 0.677. The molecule has 9 heteroatoms. The zero-order chi connectivity index (χ0) is 14.8. The summed E-state index contributed by atoms with van der Waals surface area (Å²) < 4.78 is 35.7. The molecule has 2 N–H and O–H groups in total. The normalized spacial score (nSPS) is 14.1. The summed E-state index contributed by atoms with van der Waals surface area (Å²) >= 11 is 15.9. The maximum absolute atomic E-state index is 12.7. The van der Waals surface area contributed by atoms with E-state index in [0.29, 0.717) is 0 Å². The molecule has 0 aliphatic heterocycles. The second-order valence-electron chi connectivity index (χ2n) is 3.46. The van der Waals surface area contributed by atoms with Gasteiger partial charge in [0.15, 0.2) is 6.23 Å². The van der Waals surface area contributed by atoms with Crippen LogP contribution in [0.25, 0.3) is 0 Å². The summed E-state index contributed by atoms with van der Waals surface area (Å²) in [7, 11) is 0. The third kappa shape index (κ3) is 4.42. The number of aliphatic hydroxyl groups is 1. The third-order valence-corrected chi connectivity index (χ3v) is 2.68. The number of aliphatic hydroxyl groups excluding tert-OH is 1. The van der Waals surface area contributed by atoms with Gasteiger partial charge in [-0.25, -0.2) is 0 Å². The van der Waals surface area contributed by atoms with E-state index in [4.69, 9.17) is 34.8 Å². The van der Waals surface area contributed by atoms with Crippen LogP contribution in [0.3, 0.4) is 0 Å². The molecule has 0 fully saturated rings. The number of halogens is 6. The van der Waals surface area contributed by atoms with E-state index in [1.54, 1.807) is 5.32 Å². The number of hydrogen-bond acceptors (Lipinski definition) is 2. The molecule has 0 bridgehead atoms. The van der Waals surface area contributed by atoms with Crippen molar-refractivity contribution in [3.05, 3.63) is 35.4 Å². The number of carbonyl (C=O) groups excluding carboxylic acids is 1. The van der Waals surface area contributed by atoms with Crippen LogP contribution in [0.5, 0.6) is 0 Å². The lowest BCUT2D eigenvalue weighted by Gasteiger charge is -2.21. The van der Waals surface area contributed by atoms with Crippen molar-refractivity contribution in [2.75, 3.05) is 0 Å². The second-order valence-corrected chi connectivity index (χ2v) is 5.83. The molecule has 0 saturated heterocycles. The summed E-state index contributed by atoms with van der Waals surface area (Å²) in [6, 6.07) is 4.05. The van der Waals surface area contributed by atoms with E-state index in [1.165, 1.54) is 6.07 Å². The maximum atomic E-state index is 12.7. The summed E-state index contributed by atoms with van der Waals surface area (Å²) in [6.07, 6.45) is -6.65. The molecule has 1 rings (SSSR count). The molecule has 0 heterocycles. The van der Waals surface area contributed by atoms with Gasteiger partial charge in [-0.05, 0) is 12.1 Å². The van der Waals surface area contributed by atoms with Crippen molar-refractivity contribution >= 4 is 40.7 Å². The van der Waals surface area contributed by atoms with Gasteiger partial charge in [0, 0.05) is 0 Å². The molecule has 1 amide bonds. The zero-order valence-corrected chi connectivity index (χ0v) is 11.3.